The predicted molar refractivity (Wildman–Crippen MR) is 104 cm³/mol. The summed E-state index contributed by atoms with van der Waals surface area (Å²) in [5.74, 6) is -1.12. The Labute approximate surface area is 169 Å². The van der Waals surface area contributed by atoms with E-state index in [4.69, 9.17) is 0 Å². The molecule has 0 radical (unpaired) electrons. The standard InChI is InChI=1S/C23H25FN2O3/c24-17-8-6-14(7-9-17)18(13-19(27)25-10-2-1-3-11-25)26-22(28)20-15-4-5-16(12-15)21(20)23(26)29/h4-9,15-16,18,20-21H,1-3,10-13H2. The Morgan fingerprint density at radius 2 is 1.55 bits per heavy atom. The number of carbonyl (C=O) groups is 3. The molecule has 5 unspecified atom stereocenters. The summed E-state index contributed by atoms with van der Waals surface area (Å²) in [5.41, 5.74) is 0.638. The molecular formula is C23H25FN2O3. The largest absolute Gasteiger partial charge is 0.343 e. The lowest BCUT2D eigenvalue weighted by Gasteiger charge is -2.32. The third kappa shape index (κ3) is 3.00. The molecule has 2 bridgehead atoms. The molecule has 1 aromatic carbocycles. The van der Waals surface area contributed by atoms with Gasteiger partial charge in [0.15, 0.2) is 0 Å². The third-order valence-corrected chi connectivity index (χ3v) is 7.15. The van der Waals surface area contributed by atoms with Gasteiger partial charge in [-0.05, 0) is 55.2 Å². The van der Waals surface area contributed by atoms with Crippen molar-refractivity contribution < 1.29 is 18.8 Å². The number of fused-ring (bicyclic) bond motifs is 5. The average Bonchev–Trinajstić information content (AvgIpc) is 3.42. The molecule has 5 nitrogen and oxygen atoms in total. The number of amides is 3. The zero-order valence-corrected chi connectivity index (χ0v) is 16.3. The first-order chi connectivity index (χ1) is 14.0. The number of benzene rings is 1. The van der Waals surface area contributed by atoms with E-state index in [0.29, 0.717) is 5.56 Å². The number of hydrogen-bond acceptors (Lipinski definition) is 3. The minimum absolute atomic E-state index is 0.0437. The molecule has 29 heavy (non-hydrogen) atoms. The van der Waals surface area contributed by atoms with Crippen LogP contribution >= 0.6 is 0 Å². The van der Waals surface area contributed by atoms with E-state index >= 15 is 0 Å². The van der Waals surface area contributed by atoms with Gasteiger partial charge in [0, 0.05) is 13.1 Å². The number of hydrogen-bond donors (Lipinski definition) is 0. The molecule has 5 rings (SSSR count). The fourth-order valence-corrected chi connectivity index (χ4v) is 5.71. The highest BCUT2D eigenvalue weighted by Crippen LogP contribution is 2.54. The molecule has 3 fully saturated rings. The molecule has 4 aliphatic rings. The Kier molecular flexibility index (Phi) is 4.52. The summed E-state index contributed by atoms with van der Waals surface area (Å²) in [6.07, 6.45) is 8.13. The zero-order chi connectivity index (χ0) is 20.1. The van der Waals surface area contributed by atoms with Gasteiger partial charge in [-0.25, -0.2) is 4.39 Å². The summed E-state index contributed by atoms with van der Waals surface area (Å²) in [6.45, 7) is 1.44. The zero-order valence-electron chi connectivity index (χ0n) is 16.3. The van der Waals surface area contributed by atoms with Gasteiger partial charge in [0.25, 0.3) is 0 Å². The van der Waals surface area contributed by atoms with Crippen molar-refractivity contribution in [3.05, 3.63) is 47.8 Å². The number of rotatable bonds is 4. The average molecular weight is 396 g/mol. The van der Waals surface area contributed by atoms with Crippen molar-refractivity contribution in [3.8, 4) is 0 Å². The number of halogens is 1. The summed E-state index contributed by atoms with van der Waals surface area (Å²) in [6, 6.07) is 5.15. The maximum Gasteiger partial charge on any atom is 0.234 e. The Morgan fingerprint density at radius 3 is 2.14 bits per heavy atom. The number of likely N-dealkylation sites (tertiary alicyclic amines) is 2. The second-order valence-corrected chi connectivity index (χ2v) is 8.76. The number of imide groups is 1. The summed E-state index contributed by atoms with van der Waals surface area (Å²) >= 11 is 0. The molecule has 5 atom stereocenters. The van der Waals surface area contributed by atoms with Crippen molar-refractivity contribution in [2.75, 3.05) is 13.1 Å². The van der Waals surface area contributed by atoms with E-state index in [9.17, 15) is 18.8 Å². The lowest BCUT2D eigenvalue weighted by atomic mass is 9.85. The highest BCUT2D eigenvalue weighted by Gasteiger charge is 2.60. The highest BCUT2D eigenvalue weighted by molar-refractivity contribution is 6.07. The Bertz CT molecular complexity index is 845. The van der Waals surface area contributed by atoms with Crippen molar-refractivity contribution in [3.63, 3.8) is 0 Å². The second-order valence-electron chi connectivity index (χ2n) is 8.76. The maximum absolute atomic E-state index is 13.5. The number of carbonyl (C=O) groups excluding carboxylic acids is 3. The van der Waals surface area contributed by atoms with Crippen molar-refractivity contribution in [2.45, 2.75) is 38.1 Å². The van der Waals surface area contributed by atoms with Crippen LogP contribution in [0.3, 0.4) is 0 Å². The lowest BCUT2D eigenvalue weighted by Crippen LogP contribution is -2.41. The highest BCUT2D eigenvalue weighted by atomic mass is 19.1. The van der Waals surface area contributed by atoms with Crippen LogP contribution in [0.4, 0.5) is 4.39 Å². The van der Waals surface area contributed by atoms with Gasteiger partial charge in [0.1, 0.15) is 5.82 Å². The monoisotopic (exact) mass is 396 g/mol. The van der Waals surface area contributed by atoms with Crippen LogP contribution in [0.5, 0.6) is 0 Å². The molecule has 1 aromatic rings. The number of allylic oxidation sites excluding steroid dienone is 2. The molecule has 0 aromatic heterocycles. The van der Waals surface area contributed by atoms with E-state index in [1.54, 1.807) is 12.1 Å². The summed E-state index contributed by atoms with van der Waals surface area (Å²) < 4.78 is 13.5. The summed E-state index contributed by atoms with van der Waals surface area (Å²) in [5, 5.41) is 0. The van der Waals surface area contributed by atoms with Crippen LogP contribution in [0.15, 0.2) is 36.4 Å². The van der Waals surface area contributed by atoms with E-state index in [2.05, 4.69) is 12.2 Å². The van der Waals surface area contributed by atoms with Crippen LogP contribution in [0.25, 0.3) is 0 Å². The Balaban J connectivity index is 1.45. The molecule has 3 amide bonds. The van der Waals surface area contributed by atoms with Crippen LogP contribution in [0.1, 0.15) is 43.7 Å². The molecule has 0 N–H and O–H groups in total. The quantitative estimate of drug-likeness (QED) is 0.581. The normalized spacial score (nSPS) is 31.5. The number of nitrogens with zero attached hydrogens (tertiary/aromatic N) is 2. The minimum Gasteiger partial charge on any atom is -0.343 e. The van der Waals surface area contributed by atoms with Crippen LogP contribution in [0, 0.1) is 29.5 Å². The summed E-state index contributed by atoms with van der Waals surface area (Å²) in [4.78, 5) is 42.8. The predicted octanol–water partition coefficient (Wildman–Crippen LogP) is 3.08. The van der Waals surface area contributed by atoms with Gasteiger partial charge >= 0.3 is 0 Å². The van der Waals surface area contributed by atoms with Crippen molar-refractivity contribution in [2.24, 2.45) is 23.7 Å². The molecule has 6 heteroatoms. The molecule has 2 aliphatic heterocycles. The van der Waals surface area contributed by atoms with Crippen LogP contribution < -0.4 is 0 Å². The molecule has 152 valence electrons. The van der Waals surface area contributed by atoms with Crippen LogP contribution in [-0.4, -0.2) is 40.6 Å². The molecule has 1 saturated carbocycles. The second kappa shape index (κ2) is 7.08. The SMILES string of the molecule is O=C(CC(c1ccc(F)cc1)N1C(=O)C2C3C=CC(C3)C2C1=O)N1CCCCC1. The van der Waals surface area contributed by atoms with Gasteiger partial charge in [-0.2, -0.15) is 0 Å². The first kappa shape index (κ1) is 18.5. The van der Waals surface area contributed by atoms with Gasteiger partial charge < -0.3 is 4.90 Å². The lowest BCUT2D eigenvalue weighted by molar-refractivity contribution is -0.145. The fraction of sp³-hybridized carbons (Fsp3) is 0.522. The van der Waals surface area contributed by atoms with E-state index < -0.39 is 6.04 Å². The van der Waals surface area contributed by atoms with Gasteiger partial charge in [0.05, 0.1) is 24.3 Å². The van der Waals surface area contributed by atoms with Crippen LogP contribution in [-0.2, 0) is 14.4 Å². The van der Waals surface area contributed by atoms with E-state index in [0.717, 1.165) is 38.8 Å². The molecule has 0 spiro atoms. The first-order valence-electron chi connectivity index (χ1n) is 10.6. The van der Waals surface area contributed by atoms with Crippen molar-refractivity contribution >= 4 is 17.7 Å². The minimum atomic E-state index is -0.671. The topological polar surface area (TPSA) is 57.7 Å². The van der Waals surface area contributed by atoms with Gasteiger partial charge in [-0.1, -0.05) is 24.3 Å². The van der Waals surface area contributed by atoms with Crippen LogP contribution in [0.2, 0.25) is 0 Å². The van der Waals surface area contributed by atoms with Crippen molar-refractivity contribution in [1.29, 1.82) is 0 Å². The summed E-state index contributed by atoms with van der Waals surface area (Å²) in [7, 11) is 0. The van der Waals surface area contributed by atoms with Gasteiger partial charge in [-0.3, -0.25) is 19.3 Å². The van der Waals surface area contributed by atoms with Crippen molar-refractivity contribution in [1.82, 2.24) is 9.80 Å². The van der Waals surface area contributed by atoms with Gasteiger partial charge in [0.2, 0.25) is 17.7 Å². The van der Waals surface area contributed by atoms with Gasteiger partial charge in [-0.15, -0.1) is 0 Å². The number of piperidine rings is 1. The molecule has 2 heterocycles. The molecular weight excluding hydrogens is 371 g/mol. The van der Waals surface area contributed by atoms with E-state index in [-0.39, 0.29) is 53.6 Å². The third-order valence-electron chi connectivity index (χ3n) is 7.15. The first-order valence-corrected chi connectivity index (χ1v) is 10.6. The molecule has 2 aliphatic carbocycles. The maximum atomic E-state index is 13.5. The van der Waals surface area contributed by atoms with E-state index in [1.165, 1.54) is 17.0 Å². The Hall–Kier alpha value is -2.50. The van der Waals surface area contributed by atoms with E-state index in [1.807, 2.05) is 4.90 Å². The Morgan fingerprint density at radius 1 is 0.966 bits per heavy atom. The smallest absolute Gasteiger partial charge is 0.234 e. The molecule has 2 saturated heterocycles. The fourth-order valence-electron chi connectivity index (χ4n) is 5.71.